The molecule has 0 aliphatic heterocycles. The Labute approximate surface area is 63.1 Å². The third-order valence-electron chi connectivity index (χ3n) is 0.773. The fourth-order valence-electron chi connectivity index (χ4n) is 0.458. The highest BCUT2D eigenvalue weighted by molar-refractivity contribution is 7.81. The molecule has 0 aliphatic rings. The number of rotatable bonds is 2. The van der Waals surface area contributed by atoms with E-state index in [9.17, 15) is 12.3 Å². The first-order valence-corrected chi connectivity index (χ1v) is 3.85. The Morgan fingerprint density at radius 1 is 1.64 bits per heavy atom. The zero-order chi connectivity index (χ0) is 8.32. The monoisotopic (exact) mass is 176 g/mol. The molecule has 6 heteroatoms. The second-order valence-electron chi connectivity index (χ2n) is 1.57. The van der Waals surface area contributed by atoms with Gasteiger partial charge in [0, 0.05) is 18.3 Å². The molecule has 11 heavy (non-hydrogen) atoms. The van der Waals surface area contributed by atoms with E-state index in [0.717, 1.165) is 0 Å². The second-order valence-corrected chi connectivity index (χ2v) is 2.53. The van der Waals surface area contributed by atoms with Crippen LogP contribution < -0.4 is 4.18 Å². The van der Waals surface area contributed by atoms with Crippen LogP contribution in [0.5, 0.6) is 5.88 Å². The van der Waals surface area contributed by atoms with Crippen LogP contribution >= 0.6 is 0 Å². The summed E-state index contributed by atoms with van der Waals surface area (Å²) in [6.45, 7) is 0. The van der Waals surface area contributed by atoms with Gasteiger partial charge in [-0.15, -0.1) is 0 Å². The molecule has 0 unspecified atom stereocenters. The first-order valence-electron chi connectivity index (χ1n) is 2.54. The summed E-state index contributed by atoms with van der Waals surface area (Å²) in [4.78, 5) is 3.37. The molecule has 1 rings (SSSR count). The number of hydrogen-bond acceptors (Lipinski definition) is 4. The molecule has 0 fully saturated rings. The van der Waals surface area contributed by atoms with Crippen LogP contribution in [0.25, 0.3) is 0 Å². The fourth-order valence-corrected chi connectivity index (χ4v) is 0.760. The zero-order valence-corrected chi connectivity index (χ0v) is 6.01. The molecule has 0 spiro atoms. The first-order chi connectivity index (χ1) is 5.08. The maximum atomic E-state index is 11.8. The molecule has 1 aromatic heterocycles. The molecule has 59 valence electrons. The van der Waals surface area contributed by atoms with Gasteiger partial charge in [0.2, 0.25) is 5.88 Å². The standard InChI is InChI=1S/C5H3FNO3S/c6-11(8,9)10-5-3-1-2-4-7-5/h1,3-4H. The van der Waals surface area contributed by atoms with Gasteiger partial charge in [0.1, 0.15) is 0 Å². The van der Waals surface area contributed by atoms with Crippen molar-refractivity contribution < 1.29 is 16.5 Å². The molecular formula is C5H3FNO3S. The van der Waals surface area contributed by atoms with Crippen LogP contribution in [0.1, 0.15) is 0 Å². The Hall–Kier alpha value is -1.17. The predicted molar refractivity (Wildman–Crippen MR) is 33.7 cm³/mol. The molecule has 0 N–H and O–H groups in total. The summed E-state index contributed by atoms with van der Waals surface area (Å²) in [6.07, 6.45) is 1.17. The molecule has 0 atom stereocenters. The SMILES string of the molecule is O=S(=O)(F)Oc1cc[c]cn1. The fraction of sp³-hybridized carbons (Fsp3) is 0. The van der Waals surface area contributed by atoms with Crippen LogP contribution in [0.3, 0.4) is 0 Å². The third-order valence-corrected chi connectivity index (χ3v) is 1.14. The molecule has 0 saturated carbocycles. The summed E-state index contributed by atoms with van der Waals surface area (Å²) in [7, 11) is -4.95. The van der Waals surface area contributed by atoms with Crippen molar-refractivity contribution >= 4 is 10.5 Å². The number of hydrogen-bond donors (Lipinski definition) is 0. The van der Waals surface area contributed by atoms with Crippen LogP contribution in [-0.2, 0) is 10.5 Å². The second kappa shape index (κ2) is 2.83. The Balaban J connectivity index is 2.82. The molecule has 4 nitrogen and oxygen atoms in total. The molecule has 0 amide bonds. The molecule has 1 heterocycles. The first kappa shape index (κ1) is 7.93. The summed E-state index contributed by atoms with van der Waals surface area (Å²) in [5.41, 5.74) is 0. The Morgan fingerprint density at radius 3 is 2.82 bits per heavy atom. The summed E-state index contributed by atoms with van der Waals surface area (Å²) >= 11 is 0. The van der Waals surface area contributed by atoms with E-state index in [4.69, 9.17) is 0 Å². The third kappa shape index (κ3) is 2.94. The van der Waals surface area contributed by atoms with Crippen molar-refractivity contribution in [1.82, 2.24) is 4.98 Å². The molecule has 1 radical (unpaired) electrons. The largest absolute Gasteiger partial charge is 0.490 e. The maximum Gasteiger partial charge on any atom is 0.490 e. The molecular weight excluding hydrogens is 173 g/mol. The van der Waals surface area contributed by atoms with Crippen molar-refractivity contribution in [2.75, 3.05) is 0 Å². The lowest BCUT2D eigenvalue weighted by atomic mass is 10.5. The minimum atomic E-state index is -4.95. The number of nitrogens with zero attached hydrogens (tertiary/aromatic N) is 1. The topological polar surface area (TPSA) is 56.3 Å². The van der Waals surface area contributed by atoms with E-state index in [0.29, 0.717) is 0 Å². The van der Waals surface area contributed by atoms with Gasteiger partial charge in [0.25, 0.3) is 0 Å². The summed E-state index contributed by atoms with van der Waals surface area (Å²) in [6, 6.07) is 5.04. The van der Waals surface area contributed by atoms with E-state index in [-0.39, 0.29) is 5.88 Å². The van der Waals surface area contributed by atoms with E-state index in [1.54, 1.807) is 0 Å². The van der Waals surface area contributed by atoms with Crippen LogP contribution in [0.2, 0.25) is 0 Å². The Kier molecular flexibility index (Phi) is 2.04. The highest BCUT2D eigenvalue weighted by Crippen LogP contribution is 2.06. The van der Waals surface area contributed by atoms with E-state index in [1.807, 2.05) is 0 Å². The van der Waals surface area contributed by atoms with Crippen molar-refractivity contribution in [3.05, 3.63) is 24.4 Å². The van der Waals surface area contributed by atoms with Gasteiger partial charge in [0.05, 0.1) is 0 Å². The summed E-state index contributed by atoms with van der Waals surface area (Å²) in [5, 5.41) is 0. The van der Waals surface area contributed by atoms with E-state index >= 15 is 0 Å². The lowest BCUT2D eigenvalue weighted by Crippen LogP contribution is -2.01. The average Bonchev–Trinajstić information content (AvgIpc) is 1.85. The van der Waals surface area contributed by atoms with Crippen LogP contribution in [0.15, 0.2) is 18.3 Å². The summed E-state index contributed by atoms with van der Waals surface area (Å²) in [5.74, 6) is -0.314. The van der Waals surface area contributed by atoms with Gasteiger partial charge in [-0.2, -0.15) is 8.42 Å². The van der Waals surface area contributed by atoms with Crippen molar-refractivity contribution in [2.24, 2.45) is 0 Å². The summed E-state index contributed by atoms with van der Waals surface area (Å²) < 4.78 is 35.3. The van der Waals surface area contributed by atoms with Crippen molar-refractivity contribution in [2.45, 2.75) is 0 Å². The Bertz CT molecular complexity index is 323. The van der Waals surface area contributed by atoms with Gasteiger partial charge in [-0.25, -0.2) is 4.98 Å². The Morgan fingerprint density at radius 2 is 2.36 bits per heavy atom. The van der Waals surface area contributed by atoms with E-state index < -0.39 is 10.5 Å². The van der Waals surface area contributed by atoms with Crippen molar-refractivity contribution in [3.8, 4) is 5.88 Å². The average molecular weight is 176 g/mol. The lowest BCUT2D eigenvalue weighted by molar-refractivity contribution is 0.432. The minimum absolute atomic E-state index is 0.314. The van der Waals surface area contributed by atoms with E-state index in [2.05, 4.69) is 15.2 Å². The van der Waals surface area contributed by atoms with Crippen molar-refractivity contribution in [3.63, 3.8) is 0 Å². The minimum Gasteiger partial charge on any atom is -0.338 e. The van der Waals surface area contributed by atoms with Gasteiger partial charge >= 0.3 is 10.5 Å². The zero-order valence-electron chi connectivity index (χ0n) is 5.19. The highest BCUT2D eigenvalue weighted by atomic mass is 32.3. The lowest BCUT2D eigenvalue weighted by Gasteiger charge is -1.94. The maximum absolute atomic E-state index is 11.8. The van der Waals surface area contributed by atoms with Crippen LogP contribution in [0.4, 0.5) is 3.89 Å². The number of halogens is 1. The van der Waals surface area contributed by atoms with Gasteiger partial charge in [0.15, 0.2) is 0 Å². The highest BCUT2D eigenvalue weighted by Gasteiger charge is 2.08. The molecule has 0 aliphatic carbocycles. The predicted octanol–water partition coefficient (Wildman–Crippen LogP) is 0.475. The van der Waals surface area contributed by atoms with Crippen LogP contribution in [-0.4, -0.2) is 13.4 Å². The number of pyridine rings is 1. The normalized spacial score (nSPS) is 11.0. The van der Waals surface area contributed by atoms with Gasteiger partial charge in [-0.05, 0) is 6.07 Å². The quantitative estimate of drug-likeness (QED) is 0.615. The number of aromatic nitrogens is 1. The molecule has 0 aromatic carbocycles. The molecule has 0 saturated heterocycles. The van der Waals surface area contributed by atoms with E-state index in [1.165, 1.54) is 18.3 Å². The molecule has 0 bridgehead atoms. The van der Waals surface area contributed by atoms with Crippen LogP contribution in [0, 0.1) is 6.07 Å². The van der Waals surface area contributed by atoms with Gasteiger partial charge < -0.3 is 4.18 Å². The van der Waals surface area contributed by atoms with Gasteiger partial charge in [-0.1, -0.05) is 3.89 Å². The molecule has 1 aromatic rings. The van der Waals surface area contributed by atoms with Crippen molar-refractivity contribution in [1.29, 1.82) is 0 Å². The van der Waals surface area contributed by atoms with Gasteiger partial charge in [-0.3, -0.25) is 0 Å². The smallest absolute Gasteiger partial charge is 0.338 e.